The van der Waals surface area contributed by atoms with Crippen LogP contribution < -0.4 is 4.90 Å². The predicted molar refractivity (Wildman–Crippen MR) is 242 cm³/mol. The van der Waals surface area contributed by atoms with E-state index in [0.717, 1.165) is 11.4 Å². The second kappa shape index (κ2) is 13.6. The van der Waals surface area contributed by atoms with Crippen LogP contribution >= 0.6 is 11.3 Å². The van der Waals surface area contributed by atoms with Gasteiger partial charge >= 0.3 is 0 Å². The molecule has 10 aromatic rings. The van der Waals surface area contributed by atoms with Crippen LogP contribution in [0.3, 0.4) is 0 Å². The predicted octanol–water partition coefficient (Wildman–Crippen LogP) is 15.2. The van der Waals surface area contributed by atoms with Crippen LogP contribution in [0.15, 0.2) is 224 Å². The standard InChI is InChI=1S/C55H37NS/c1-5-16-38(17-6-1)40-28-32-44(33-29-40)56(45-34-30-41(31-35-45)39-18-7-2-8-19-39)51-27-15-25-46-47-36-37-50-52(54(47)57-53(46)51)48-24-13-14-26-49(48)55(50,42-20-9-3-10-21-42)43-22-11-4-12-23-43/h1-37H. The van der Waals surface area contributed by atoms with Gasteiger partial charge in [-0.3, -0.25) is 0 Å². The Morgan fingerprint density at radius 1 is 0.333 bits per heavy atom. The zero-order valence-electron chi connectivity index (χ0n) is 31.2. The summed E-state index contributed by atoms with van der Waals surface area (Å²) >= 11 is 1.92. The van der Waals surface area contributed by atoms with E-state index in [1.165, 1.54) is 81.5 Å². The minimum absolute atomic E-state index is 0.436. The van der Waals surface area contributed by atoms with E-state index in [1.807, 2.05) is 11.3 Å². The molecule has 268 valence electrons. The second-order valence-electron chi connectivity index (χ2n) is 14.8. The summed E-state index contributed by atoms with van der Waals surface area (Å²) in [7, 11) is 0. The third-order valence-corrected chi connectivity index (χ3v) is 13.0. The monoisotopic (exact) mass is 743 g/mol. The highest BCUT2D eigenvalue weighted by molar-refractivity contribution is 7.27. The number of benzene rings is 9. The molecule has 0 spiro atoms. The molecule has 0 atom stereocenters. The summed E-state index contributed by atoms with van der Waals surface area (Å²) in [5, 5.41) is 2.57. The van der Waals surface area contributed by atoms with Crippen molar-refractivity contribution in [2.75, 3.05) is 4.90 Å². The number of hydrogen-bond donors (Lipinski definition) is 0. The topological polar surface area (TPSA) is 3.24 Å². The van der Waals surface area contributed by atoms with Gasteiger partial charge in [0, 0.05) is 32.4 Å². The van der Waals surface area contributed by atoms with E-state index in [2.05, 4.69) is 229 Å². The summed E-state index contributed by atoms with van der Waals surface area (Å²) < 4.78 is 2.60. The molecular formula is C55H37NS. The molecule has 1 aliphatic rings. The van der Waals surface area contributed by atoms with Gasteiger partial charge in [0.25, 0.3) is 0 Å². The van der Waals surface area contributed by atoms with Crippen molar-refractivity contribution in [3.8, 4) is 33.4 Å². The smallest absolute Gasteiger partial charge is 0.0714 e. The fraction of sp³-hybridized carbons (Fsp3) is 0.0182. The minimum atomic E-state index is -0.436. The average molecular weight is 744 g/mol. The van der Waals surface area contributed by atoms with E-state index in [9.17, 15) is 0 Å². The van der Waals surface area contributed by atoms with Gasteiger partial charge in [-0.15, -0.1) is 11.3 Å². The number of hydrogen-bond acceptors (Lipinski definition) is 2. The van der Waals surface area contributed by atoms with Crippen molar-refractivity contribution in [3.63, 3.8) is 0 Å². The first-order valence-electron chi connectivity index (χ1n) is 19.6. The third kappa shape index (κ3) is 5.29. The van der Waals surface area contributed by atoms with Crippen molar-refractivity contribution in [1.29, 1.82) is 0 Å². The normalized spacial score (nSPS) is 12.7. The largest absolute Gasteiger partial charge is 0.309 e. The first-order chi connectivity index (χ1) is 28.3. The number of fused-ring (bicyclic) bond motifs is 7. The highest BCUT2D eigenvalue weighted by Gasteiger charge is 2.46. The first-order valence-corrected chi connectivity index (χ1v) is 20.4. The Balaban J connectivity index is 1.14. The summed E-state index contributed by atoms with van der Waals surface area (Å²) in [6.07, 6.45) is 0. The maximum absolute atomic E-state index is 2.44. The van der Waals surface area contributed by atoms with Gasteiger partial charge < -0.3 is 4.90 Å². The van der Waals surface area contributed by atoms with Gasteiger partial charge in [-0.2, -0.15) is 0 Å². The highest BCUT2D eigenvalue weighted by Crippen LogP contribution is 2.59. The molecule has 11 rings (SSSR count). The Bertz CT molecular complexity index is 2900. The Kier molecular flexibility index (Phi) is 7.98. The molecule has 0 radical (unpaired) electrons. The number of rotatable bonds is 7. The molecule has 1 heterocycles. The minimum Gasteiger partial charge on any atom is -0.309 e. The molecule has 57 heavy (non-hydrogen) atoms. The average Bonchev–Trinajstić information content (AvgIpc) is 3.83. The van der Waals surface area contributed by atoms with Gasteiger partial charge in [0.05, 0.1) is 15.8 Å². The zero-order valence-corrected chi connectivity index (χ0v) is 32.0. The number of thiophene rings is 1. The fourth-order valence-electron chi connectivity index (χ4n) is 9.24. The molecule has 0 bridgehead atoms. The lowest BCUT2D eigenvalue weighted by atomic mass is 9.68. The summed E-state index contributed by atoms with van der Waals surface area (Å²) in [4.78, 5) is 2.44. The quantitative estimate of drug-likeness (QED) is 0.157. The molecule has 0 aliphatic heterocycles. The van der Waals surface area contributed by atoms with Crippen LogP contribution in [0.25, 0.3) is 53.6 Å². The molecule has 0 saturated carbocycles. The summed E-state index contributed by atoms with van der Waals surface area (Å²) in [5.41, 5.74) is 15.7. The van der Waals surface area contributed by atoms with Crippen molar-refractivity contribution < 1.29 is 0 Å². The van der Waals surface area contributed by atoms with Crippen molar-refractivity contribution in [2.24, 2.45) is 0 Å². The molecule has 0 saturated heterocycles. The Morgan fingerprint density at radius 3 is 1.37 bits per heavy atom. The van der Waals surface area contributed by atoms with Gasteiger partial charge in [0.1, 0.15) is 0 Å². The van der Waals surface area contributed by atoms with Crippen LogP contribution in [0.4, 0.5) is 17.1 Å². The lowest BCUT2D eigenvalue weighted by molar-refractivity contribution is 0.769. The van der Waals surface area contributed by atoms with E-state index < -0.39 is 5.41 Å². The van der Waals surface area contributed by atoms with E-state index in [4.69, 9.17) is 0 Å². The van der Waals surface area contributed by atoms with Crippen LogP contribution in [0.1, 0.15) is 22.3 Å². The highest BCUT2D eigenvalue weighted by atomic mass is 32.1. The number of nitrogens with zero attached hydrogens (tertiary/aromatic N) is 1. The van der Waals surface area contributed by atoms with Crippen LogP contribution in [0.2, 0.25) is 0 Å². The number of anilines is 3. The summed E-state index contributed by atoms with van der Waals surface area (Å²) in [6, 6.07) is 82.2. The molecule has 1 aliphatic carbocycles. The molecule has 0 N–H and O–H groups in total. The molecule has 2 heteroatoms. The third-order valence-electron chi connectivity index (χ3n) is 11.8. The van der Waals surface area contributed by atoms with E-state index in [-0.39, 0.29) is 0 Å². The lowest BCUT2D eigenvalue weighted by Gasteiger charge is -2.33. The van der Waals surface area contributed by atoms with Crippen LogP contribution in [-0.2, 0) is 5.41 Å². The van der Waals surface area contributed by atoms with Gasteiger partial charge in [-0.25, -0.2) is 0 Å². The van der Waals surface area contributed by atoms with Crippen LogP contribution in [0.5, 0.6) is 0 Å². The Hall–Kier alpha value is -7.00. The van der Waals surface area contributed by atoms with E-state index >= 15 is 0 Å². The molecular weight excluding hydrogens is 707 g/mol. The molecule has 1 aromatic heterocycles. The fourth-order valence-corrected chi connectivity index (χ4v) is 10.6. The summed E-state index contributed by atoms with van der Waals surface area (Å²) in [6.45, 7) is 0. The molecule has 1 nitrogen and oxygen atoms in total. The van der Waals surface area contributed by atoms with E-state index in [1.54, 1.807) is 0 Å². The van der Waals surface area contributed by atoms with Crippen molar-refractivity contribution in [3.05, 3.63) is 247 Å². The van der Waals surface area contributed by atoms with Crippen LogP contribution in [0, 0.1) is 0 Å². The molecule has 0 amide bonds. The van der Waals surface area contributed by atoms with Gasteiger partial charge in [-0.1, -0.05) is 194 Å². The lowest BCUT2D eigenvalue weighted by Crippen LogP contribution is -2.28. The molecule has 0 fully saturated rings. The summed E-state index contributed by atoms with van der Waals surface area (Å²) in [5.74, 6) is 0. The van der Waals surface area contributed by atoms with Crippen molar-refractivity contribution >= 4 is 48.6 Å². The van der Waals surface area contributed by atoms with Crippen molar-refractivity contribution in [2.45, 2.75) is 5.41 Å². The SMILES string of the molecule is c1ccc(-c2ccc(N(c3ccc(-c4ccccc4)cc3)c3cccc4c3sc3c5c(ccc34)C(c3ccccc3)(c3ccccc3)c3ccccc3-5)cc2)cc1. The first kappa shape index (κ1) is 33.3. The van der Waals surface area contributed by atoms with Gasteiger partial charge in [0.2, 0.25) is 0 Å². The maximum atomic E-state index is 2.44. The Labute approximate surface area is 337 Å². The van der Waals surface area contributed by atoms with Gasteiger partial charge in [0.15, 0.2) is 0 Å². The van der Waals surface area contributed by atoms with Crippen LogP contribution in [-0.4, -0.2) is 0 Å². The molecule has 0 unspecified atom stereocenters. The van der Waals surface area contributed by atoms with Crippen molar-refractivity contribution in [1.82, 2.24) is 0 Å². The molecule has 9 aromatic carbocycles. The van der Waals surface area contributed by atoms with Gasteiger partial charge in [-0.05, 0) is 80.4 Å². The van der Waals surface area contributed by atoms with E-state index in [0.29, 0.717) is 0 Å². The zero-order chi connectivity index (χ0) is 37.8. The Morgan fingerprint density at radius 2 is 0.807 bits per heavy atom. The maximum Gasteiger partial charge on any atom is 0.0714 e. The second-order valence-corrected chi connectivity index (χ2v) is 15.8.